The van der Waals surface area contributed by atoms with Crippen LogP contribution in [0, 0.1) is 5.82 Å². The average Bonchev–Trinajstić information content (AvgIpc) is 2.61. The molecule has 0 bridgehead atoms. The molecule has 1 aliphatic rings. The zero-order valence-electron chi connectivity index (χ0n) is 14.4. The van der Waals surface area contributed by atoms with Crippen LogP contribution in [0.4, 0.5) is 10.1 Å². The summed E-state index contributed by atoms with van der Waals surface area (Å²) >= 11 is 0. The molecule has 4 nitrogen and oxygen atoms in total. The Kier molecular flexibility index (Phi) is 5.43. The van der Waals surface area contributed by atoms with Gasteiger partial charge in [-0.3, -0.25) is 4.98 Å². The highest BCUT2D eigenvalue weighted by Crippen LogP contribution is 2.28. The number of pyridine rings is 1. The van der Waals surface area contributed by atoms with E-state index in [4.69, 9.17) is 0 Å². The first-order valence-corrected chi connectivity index (χ1v) is 8.48. The van der Waals surface area contributed by atoms with Crippen LogP contribution in [-0.2, 0) is 6.54 Å². The molecule has 5 heteroatoms. The van der Waals surface area contributed by atoms with E-state index in [1.54, 1.807) is 18.3 Å². The van der Waals surface area contributed by atoms with Gasteiger partial charge >= 0.3 is 0 Å². The van der Waals surface area contributed by atoms with Crippen molar-refractivity contribution in [1.29, 1.82) is 0 Å². The van der Waals surface area contributed by atoms with E-state index in [9.17, 15) is 4.39 Å². The van der Waals surface area contributed by atoms with Crippen LogP contribution in [0.3, 0.4) is 0 Å². The molecule has 0 spiro atoms. The van der Waals surface area contributed by atoms with Gasteiger partial charge in [-0.15, -0.1) is 0 Å². The maximum absolute atomic E-state index is 13.8. The highest BCUT2D eigenvalue weighted by Gasteiger charge is 2.20. The second-order valence-electron chi connectivity index (χ2n) is 6.46. The van der Waals surface area contributed by atoms with Gasteiger partial charge in [-0.05, 0) is 49.4 Å². The largest absolute Gasteiger partial charge is 0.369 e. The molecule has 1 N–H and O–H groups in total. The highest BCUT2D eigenvalue weighted by molar-refractivity contribution is 5.55. The lowest BCUT2D eigenvalue weighted by Crippen LogP contribution is -2.45. The fraction of sp³-hybridized carbons (Fsp3) is 0.421. The van der Waals surface area contributed by atoms with Gasteiger partial charge in [-0.25, -0.2) is 4.39 Å². The molecule has 3 rings (SSSR count). The number of benzene rings is 1. The van der Waals surface area contributed by atoms with Crippen molar-refractivity contribution in [1.82, 2.24) is 15.2 Å². The van der Waals surface area contributed by atoms with Gasteiger partial charge < -0.3 is 15.1 Å². The smallest absolute Gasteiger partial charge is 0.123 e. The summed E-state index contributed by atoms with van der Waals surface area (Å²) in [5.41, 5.74) is 3.28. The van der Waals surface area contributed by atoms with E-state index in [1.165, 1.54) is 0 Å². The van der Waals surface area contributed by atoms with E-state index < -0.39 is 0 Å². The van der Waals surface area contributed by atoms with Crippen LogP contribution in [0.15, 0.2) is 42.7 Å². The predicted octanol–water partition coefficient (Wildman–Crippen LogP) is 2.82. The first-order valence-electron chi connectivity index (χ1n) is 8.48. The van der Waals surface area contributed by atoms with Crippen molar-refractivity contribution >= 4 is 5.69 Å². The van der Waals surface area contributed by atoms with E-state index in [2.05, 4.69) is 34.1 Å². The number of nitrogens with zero attached hydrogens (tertiary/aromatic N) is 3. The number of halogens is 1. The summed E-state index contributed by atoms with van der Waals surface area (Å²) in [6.07, 6.45) is 3.62. The molecule has 1 atom stereocenters. The molecule has 1 aromatic heterocycles. The van der Waals surface area contributed by atoms with Crippen LogP contribution in [0.25, 0.3) is 0 Å². The number of hydrogen-bond acceptors (Lipinski definition) is 4. The van der Waals surface area contributed by atoms with Crippen LogP contribution < -0.4 is 10.2 Å². The van der Waals surface area contributed by atoms with Crippen molar-refractivity contribution in [3.8, 4) is 0 Å². The van der Waals surface area contributed by atoms with E-state index in [0.29, 0.717) is 6.54 Å². The van der Waals surface area contributed by atoms with Crippen LogP contribution >= 0.6 is 0 Å². The summed E-state index contributed by atoms with van der Waals surface area (Å²) in [5, 5.41) is 3.49. The Balaban J connectivity index is 1.74. The minimum absolute atomic E-state index is 0.0653. The summed E-state index contributed by atoms with van der Waals surface area (Å²) in [5.74, 6) is -0.182. The lowest BCUT2D eigenvalue weighted by Gasteiger charge is -2.36. The molecule has 0 aliphatic carbocycles. The second kappa shape index (κ2) is 7.73. The number of hydrogen-bond donors (Lipinski definition) is 1. The molecular formula is C19H25FN4. The molecule has 0 saturated carbocycles. The Bertz CT molecular complexity index is 654. The fourth-order valence-corrected chi connectivity index (χ4v) is 3.09. The van der Waals surface area contributed by atoms with Crippen molar-refractivity contribution in [3.05, 3.63) is 59.7 Å². The van der Waals surface area contributed by atoms with E-state index >= 15 is 0 Å². The normalized spacial score (nSPS) is 17.0. The number of piperazine rings is 1. The number of anilines is 1. The van der Waals surface area contributed by atoms with Gasteiger partial charge in [-0.2, -0.15) is 0 Å². The maximum atomic E-state index is 13.8. The first-order chi connectivity index (χ1) is 11.6. The summed E-state index contributed by atoms with van der Waals surface area (Å²) < 4.78 is 13.8. The van der Waals surface area contributed by atoms with Crippen molar-refractivity contribution < 1.29 is 4.39 Å². The fourth-order valence-electron chi connectivity index (χ4n) is 3.09. The van der Waals surface area contributed by atoms with Crippen molar-refractivity contribution in [2.75, 3.05) is 38.1 Å². The van der Waals surface area contributed by atoms with E-state index in [-0.39, 0.29) is 11.9 Å². The quantitative estimate of drug-likeness (QED) is 0.914. The van der Waals surface area contributed by atoms with Crippen molar-refractivity contribution in [2.24, 2.45) is 0 Å². The monoisotopic (exact) mass is 328 g/mol. The SMILES string of the molecule is C[C@@H](NCc1cccnc1)c1cc(F)ccc1N1CCN(C)CC1. The van der Waals surface area contributed by atoms with Gasteiger partial charge in [0.05, 0.1) is 0 Å². The molecule has 0 unspecified atom stereocenters. The molecule has 2 aromatic rings. The molecule has 0 radical (unpaired) electrons. The number of nitrogens with one attached hydrogen (secondary N) is 1. The van der Waals surface area contributed by atoms with Gasteiger partial charge in [0.2, 0.25) is 0 Å². The lowest BCUT2D eigenvalue weighted by molar-refractivity contribution is 0.312. The lowest BCUT2D eigenvalue weighted by atomic mass is 10.0. The van der Waals surface area contributed by atoms with Gasteiger partial charge in [-0.1, -0.05) is 6.07 Å². The van der Waals surface area contributed by atoms with Crippen LogP contribution in [0.2, 0.25) is 0 Å². The summed E-state index contributed by atoms with van der Waals surface area (Å²) in [4.78, 5) is 8.82. The van der Waals surface area contributed by atoms with Crippen LogP contribution in [-0.4, -0.2) is 43.1 Å². The molecule has 1 aliphatic heterocycles. The third-order valence-corrected chi connectivity index (χ3v) is 4.64. The van der Waals surface area contributed by atoms with Crippen molar-refractivity contribution in [3.63, 3.8) is 0 Å². The van der Waals surface area contributed by atoms with Gasteiger partial charge in [0.15, 0.2) is 0 Å². The average molecular weight is 328 g/mol. The molecule has 1 aromatic carbocycles. The van der Waals surface area contributed by atoms with Crippen LogP contribution in [0.1, 0.15) is 24.1 Å². The van der Waals surface area contributed by atoms with Gasteiger partial charge in [0.1, 0.15) is 5.82 Å². The molecule has 0 amide bonds. The van der Waals surface area contributed by atoms with E-state index in [1.807, 2.05) is 24.4 Å². The number of rotatable bonds is 5. The molecule has 1 saturated heterocycles. The molecule has 2 heterocycles. The summed E-state index contributed by atoms with van der Waals surface area (Å²) in [6.45, 7) is 6.83. The Morgan fingerprint density at radius 2 is 2.00 bits per heavy atom. The molecule has 24 heavy (non-hydrogen) atoms. The van der Waals surface area contributed by atoms with Crippen molar-refractivity contribution in [2.45, 2.75) is 19.5 Å². The Morgan fingerprint density at radius 1 is 1.21 bits per heavy atom. The third kappa shape index (κ3) is 4.10. The number of aromatic nitrogens is 1. The molecule has 1 fully saturated rings. The highest BCUT2D eigenvalue weighted by atomic mass is 19.1. The zero-order valence-corrected chi connectivity index (χ0v) is 14.4. The molecular weight excluding hydrogens is 303 g/mol. The predicted molar refractivity (Wildman–Crippen MR) is 95.6 cm³/mol. The zero-order chi connectivity index (χ0) is 16.9. The summed E-state index contributed by atoms with van der Waals surface area (Å²) in [7, 11) is 2.14. The minimum atomic E-state index is -0.182. The second-order valence-corrected chi connectivity index (χ2v) is 6.46. The maximum Gasteiger partial charge on any atom is 0.123 e. The number of likely N-dealkylation sites (N-methyl/N-ethyl adjacent to an activating group) is 1. The van der Waals surface area contributed by atoms with Gasteiger partial charge in [0, 0.05) is 56.8 Å². The topological polar surface area (TPSA) is 31.4 Å². The standard InChI is InChI=1S/C19H25FN4/c1-15(22-14-16-4-3-7-21-13-16)18-12-17(20)5-6-19(18)24-10-8-23(2)9-11-24/h3-7,12-13,15,22H,8-11,14H2,1-2H3/t15-/m1/s1. The van der Waals surface area contributed by atoms with Crippen LogP contribution in [0.5, 0.6) is 0 Å². The Morgan fingerprint density at radius 3 is 2.71 bits per heavy atom. The minimum Gasteiger partial charge on any atom is -0.369 e. The summed E-state index contributed by atoms with van der Waals surface area (Å²) in [6, 6.07) is 9.17. The van der Waals surface area contributed by atoms with E-state index in [0.717, 1.165) is 43.0 Å². The Labute approximate surface area is 143 Å². The Hall–Kier alpha value is -1.98. The molecule has 128 valence electrons. The van der Waals surface area contributed by atoms with Gasteiger partial charge in [0.25, 0.3) is 0 Å². The third-order valence-electron chi connectivity index (χ3n) is 4.64. The first kappa shape index (κ1) is 16.9.